The SMILES string of the molecule is CCCCNc1ncc(-c2cnc(N)c(OC)n2)c(C)n1. The summed E-state index contributed by atoms with van der Waals surface area (Å²) in [5.41, 5.74) is 7.94. The Morgan fingerprint density at radius 2 is 2.05 bits per heavy atom. The van der Waals surface area contributed by atoms with Gasteiger partial charge in [0.25, 0.3) is 5.88 Å². The first-order chi connectivity index (χ1) is 10.2. The van der Waals surface area contributed by atoms with E-state index in [1.807, 2.05) is 6.92 Å². The van der Waals surface area contributed by atoms with Crippen LogP contribution < -0.4 is 15.8 Å². The maximum Gasteiger partial charge on any atom is 0.257 e. The molecule has 0 fully saturated rings. The summed E-state index contributed by atoms with van der Waals surface area (Å²) in [6, 6.07) is 0. The Kier molecular flexibility index (Phi) is 4.86. The van der Waals surface area contributed by atoms with Gasteiger partial charge in [-0.15, -0.1) is 0 Å². The van der Waals surface area contributed by atoms with Gasteiger partial charge in [0.2, 0.25) is 5.95 Å². The molecule has 2 aromatic rings. The van der Waals surface area contributed by atoms with E-state index in [0.717, 1.165) is 30.6 Å². The van der Waals surface area contributed by atoms with Crippen molar-refractivity contribution in [1.82, 2.24) is 19.9 Å². The molecular weight excluding hydrogens is 268 g/mol. The fourth-order valence-corrected chi connectivity index (χ4v) is 1.84. The predicted molar refractivity (Wildman–Crippen MR) is 82.2 cm³/mol. The van der Waals surface area contributed by atoms with Gasteiger partial charge in [0.1, 0.15) is 0 Å². The lowest BCUT2D eigenvalue weighted by Crippen LogP contribution is -2.07. The minimum atomic E-state index is 0.262. The number of nitrogens with one attached hydrogen (secondary N) is 1. The molecular formula is C14H20N6O. The van der Waals surface area contributed by atoms with Crippen molar-refractivity contribution in [3.05, 3.63) is 18.1 Å². The second kappa shape index (κ2) is 6.83. The van der Waals surface area contributed by atoms with E-state index in [-0.39, 0.29) is 5.82 Å². The fraction of sp³-hybridized carbons (Fsp3) is 0.429. The number of ether oxygens (including phenoxy) is 1. The third-order valence-corrected chi connectivity index (χ3v) is 3.03. The van der Waals surface area contributed by atoms with Gasteiger partial charge in [0.15, 0.2) is 5.82 Å². The summed E-state index contributed by atoms with van der Waals surface area (Å²) in [6.45, 7) is 4.92. The van der Waals surface area contributed by atoms with E-state index in [9.17, 15) is 0 Å². The molecule has 2 rings (SSSR count). The highest BCUT2D eigenvalue weighted by Crippen LogP contribution is 2.24. The van der Waals surface area contributed by atoms with Crippen LogP contribution in [0.1, 0.15) is 25.5 Å². The minimum Gasteiger partial charge on any atom is -0.478 e. The summed E-state index contributed by atoms with van der Waals surface area (Å²) in [6.07, 6.45) is 5.54. The Morgan fingerprint density at radius 1 is 1.24 bits per heavy atom. The van der Waals surface area contributed by atoms with E-state index < -0.39 is 0 Å². The molecule has 7 heteroatoms. The molecule has 0 radical (unpaired) electrons. The molecule has 0 atom stereocenters. The summed E-state index contributed by atoms with van der Waals surface area (Å²) >= 11 is 0. The molecule has 0 unspecified atom stereocenters. The Bertz CT molecular complexity index is 616. The average Bonchev–Trinajstić information content (AvgIpc) is 2.48. The highest BCUT2D eigenvalue weighted by molar-refractivity contribution is 5.62. The number of nitrogen functional groups attached to an aromatic ring is 1. The lowest BCUT2D eigenvalue weighted by molar-refractivity contribution is 0.399. The predicted octanol–water partition coefficient (Wildman–Crippen LogP) is 2.04. The number of nitrogens with two attached hydrogens (primary N) is 1. The second-order valence-corrected chi connectivity index (χ2v) is 4.62. The van der Waals surface area contributed by atoms with Crippen LogP contribution in [-0.2, 0) is 0 Å². The second-order valence-electron chi connectivity index (χ2n) is 4.62. The highest BCUT2D eigenvalue weighted by Gasteiger charge is 2.11. The zero-order chi connectivity index (χ0) is 15.2. The first-order valence-corrected chi connectivity index (χ1v) is 6.90. The molecule has 0 bridgehead atoms. The quantitative estimate of drug-likeness (QED) is 0.785. The van der Waals surface area contributed by atoms with E-state index in [2.05, 4.69) is 32.2 Å². The number of unbranched alkanes of at least 4 members (excludes halogenated alkanes) is 1. The number of hydrogen-bond donors (Lipinski definition) is 2. The maximum absolute atomic E-state index is 5.67. The van der Waals surface area contributed by atoms with E-state index in [4.69, 9.17) is 10.5 Å². The summed E-state index contributed by atoms with van der Waals surface area (Å²) in [4.78, 5) is 17.1. The van der Waals surface area contributed by atoms with Crippen LogP contribution in [0.2, 0.25) is 0 Å². The molecule has 3 N–H and O–H groups in total. The minimum absolute atomic E-state index is 0.262. The monoisotopic (exact) mass is 288 g/mol. The van der Waals surface area contributed by atoms with Crippen molar-refractivity contribution in [3.8, 4) is 17.1 Å². The fourth-order valence-electron chi connectivity index (χ4n) is 1.84. The van der Waals surface area contributed by atoms with Gasteiger partial charge in [0.05, 0.1) is 24.7 Å². The largest absolute Gasteiger partial charge is 0.478 e. The lowest BCUT2D eigenvalue weighted by Gasteiger charge is -2.09. The first kappa shape index (κ1) is 15.0. The Balaban J connectivity index is 2.24. The molecule has 0 saturated heterocycles. The Morgan fingerprint density at radius 3 is 2.71 bits per heavy atom. The van der Waals surface area contributed by atoms with Crippen molar-refractivity contribution in [1.29, 1.82) is 0 Å². The van der Waals surface area contributed by atoms with Crippen molar-refractivity contribution >= 4 is 11.8 Å². The lowest BCUT2D eigenvalue weighted by atomic mass is 10.2. The molecule has 0 spiro atoms. The van der Waals surface area contributed by atoms with Crippen LogP contribution in [0.25, 0.3) is 11.3 Å². The maximum atomic E-state index is 5.67. The number of anilines is 2. The molecule has 21 heavy (non-hydrogen) atoms. The van der Waals surface area contributed by atoms with Gasteiger partial charge in [0, 0.05) is 18.3 Å². The summed E-state index contributed by atoms with van der Waals surface area (Å²) in [5, 5.41) is 3.19. The zero-order valence-corrected chi connectivity index (χ0v) is 12.6. The molecule has 0 aliphatic heterocycles. The zero-order valence-electron chi connectivity index (χ0n) is 12.6. The van der Waals surface area contributed by atoms with Crippen LogP contribution in [0.5, 0.6) is 5.88 Å². The molecule has 2 aromatic heterocycles. The summed E-state index contributed by atoms with van der Waals surface area (Å²) in [7, 11) is 1.51. The molecule has 0 aliphatic rings. The van der Waals surface area contributed by atoms with E-state index >= 15 is 0 Å². The van der Waals surface area contributed by atoms with E-state index in [1.165, 1.54) is 7.11 Å². The van der Waals surface area contributed by atoms with Gasteiger partial charge in [-0.2, -0.15) is 0 Å². The molecule has 2 heterocycles. The van der Waals surface area contributed by atoms with Crippen LogP contribution in [0.3, 0.4) is 0 Å². The Labute approximate surface area is 124 Å². The summed E-state index contributed by atoms with van der Waals surface area (Å²) < 4.78 is 5.08. The topological polar surface area (TPSA) is 98.8 Å². The van der Waals surface area contributed by atoms with Gasteiger partial charge in [-0.25, -0.2) is 19.9 Å². The van der Waals surface area contributed by atoms with Crippen molar-refractivity contribution in [2.24, 2.45) is 0 Å². The van der Waals surface area contributed by atoms with Gasteiger partial charge >= 0.3 is 0 Å². The molecule has 0 saturated carbocycles. The van der Waals surface area contributed by atoms with Crippen molar-refractivity contribution in [3.63, 3.8) is 0 Å². The third-order valence-electron chi connectivity index (χ3n) is 3.03. The Hall–Kier alpha value is -2.44. The number of rotatable bonds is 6. The van der Waals surface area contributed by atoms with Crippen molar-refractivity contribution in [2.75, 3.05) is 24.7 Å². The average molecular weight is 288 g/mol. The highest BCUT2D eigenvalue weighted by atomic mass is 16.5. The third kappa shape index (κ3) is 3.56. The number of methoxy groups -OCH3 is 1. The van der Waals surface area contributed by atoms with Crippen LogP contribution in [0.15, 0.2) is 12.4 Å². The molecule has 112 valence electrons. The normalized spacial score (nSPS) is 10.4. The van der Waals surface area contributed by atoms with Crippen LogP contribution in [0.4, 0.5) is 11.8 Å². The number of nitrogens with zero attached hydrogens (tertiary/aromatic N) is 4. The number of aryl methyl sites for hydroxylation is 1. The smallest absolute Gasteiger partial charge is 0.257 e. The standard InChI is InChI=1S/C14H20N6O/c1-4-5-6-16-14-18-7-10(9(2)19-14)11-8-17-12(15)13(20-11)21-3/h7-8H,4-6H2,1-3H3,(H2,15,17)(H,16,18,19). The van der Waals surface area contributed by atoms with Gasteiger partial charge in [-0.05, 0) is 13.3 Å². The van der Waals surface area contributed by atoms with Gasteiger partial charge in [-0.3, -0.25) is 0 Å². The molecule has 7 nitrogen and oxygen atoms in total. The van der Waals surface area contributed by atoms with Crippen LogP contribution >= 0.6 is 0 Å². The summed E-state index contributed by atoms with van der Waals surface area (Å²) in [5.74, 6) is 1.19. The van der Waals surface area contributed by atoms with Crippen molar-refractivity contribution in [2.45, 2.75) is 26.7 Å². The molecule has 0 amide bonds. The van der Waals surface area contributed by atoms with Gasteiger partial charge in [-0.1, -0.05) is 13.3 Å². The van der Waals surface area contributed by atoms with E-state index in [1.54, 1.807) is 12.4 Å². The number of aromatic nitrogens is 4. The van der Waals surface area contributed by atoms with Crippen molar-refractivity contribution < 1.29 is 4.74 Å². The number of hydrogen-bond acceptors (Lipinski definition) is 7. The first-order valence-electron chi connectivity index (χ1n) is 6.90. The molecule has 0 aliphatic carbocycles. The van der Waals surface area contributed by atoms with Gasteiger partial charge < -0.3 is 15.8 Å². The van der Waals surface area contributed by atoms with E-state index in [0.29, 0.717) is 17.5 Å². The van der Waals surface area contributed by atoms with Crippen LogP contribution in [-0.4, -0.2) is 33.6 Å². The van der Waals surface area contributed by atoms with Crippen LogP contribution in [0, 0.1) is 6.92 Å². The molecule has 0 aromatic carbocycles.